The molecule has 0 aliphatic carbocycles. The van der Waals surface area contributed by atoms with E-state index in [0.717, 1.165) is 16.7 Å². The van der Waals surface area contributed by atoms with Crippen LogP contribution in [0.15, 0.2) is 164 Å². The third kappa shape index (κ3) is 5.93. The summed E-state index contributed by atoms with van der Waals surface area (Å²) >= 11 is 0. The molecule has 0 unspecified atom stereocenters. The summed E-state index contributed by atoms with van der Waals surface area (Å²) in [4.78, 5) is 14.6. The van der Waals surface area contributed by atoms with E-state index >= 15 is 0 Å². The molecule has 1 aromatic heterocycles. The number of nitrogens with zero attached hydrogens (tertiary/aromatic N) is 3. The van der Waals surface area contributed by atoms with Crippen LogP contribution in [0.25, 0.3) is 56.4 Å². The Balaban J connectivity index is 1.15. The molecule has 3 heteroatoms. The molecule has 7 aromatic rings. The molecule has 216 valence electrons. The van der Waals surface area contributed by atoms with Crippen molar-refractivity contribution < 1.29 is 0 Å². The summed E-state index contributed by atoms with van der Waals surface area (Å²) in [6.07, 6.45) is 0. The van der Waals surface area contributed by atoms with Gasteiger partial charge in [-0.3, -0.25) is 0 Å². The first-order valence-corrected chi connectivity index (χ1v) is 15.3. The molecule has 6 aromatic carbocycles. The highest BCUT2D eigenvalue weighted by molar-refractivity contribution is 5.71. The average Bonchev–Trinajstić information content (AvgIpc) is 3.13. The van der Waals surface area contributed by atoms with Crippen LogP contribution >= 0.6 is 0 Å². The molecule has 0 radical (unpaired) electrons. The predicted octanol–water partition coefficient (Wildman–Crippen LogP) is 10.5. The van der Waals surface area contributed by atoms with Crippen molar-refractivity contribution in [3.8, 4) is 56.4 Å². The maximum Gasteiger partial charge on any atom is 0.164 e. The van der Waals surface area contributed by atoms with Gasteiger partial charge in [0.05, 0.1) is 0 Å². The molecule has 1 heterocycles. The van der Waals surface area contributed by atoms with Gasteiger partial charge >= 0.3 is 0 Å². The van der Waals surface area contributed by atoms with Gasteiger partial charge in [-0.1, -0.05) is 178 Å². The summed E-state index contributed by atoms with van der Waals surface area (Å²) in [5, 5.41) is 0. The highest BCUT2D eigenvalue weighted by atomic mass is 15.0. The van der Waals surface area contributed by atoms with Gasteiger partial charge in [0.15, 0.2) is 17.5 Å². The Morgan fingerprint density at radius 3 is 0.889 bits per heavy atom. The van der Waals surface area contributed by atoms with E-state index in [-0.39, 0.29) is 5.41 Å². The first kappa shape index (κ1) is 28.1. The van der Waals surface area contributed by atoms with E-state index in [2.05, 4.69) is 111 Å². The van der Waals surface area contributed by atoms with Crippen LogP contribution in [0.5, 0.6) is 0 Å². The van der Waals surface area contributed by atoms with E-state index < -0.39 is 0 Å². The van der Waals surface area contributed by atoms with Gasteiger partial charge in [-0.25, -0.2) is 15.0 Å². The Morgan fingerprint density at radius 1 is 0.289 bits per heavy atom. The van der Waals surface area contributed by atoms with Crippen molar-refractivity contribution in [2.24, 2.45) is 0 Å². The summed E-state index contributed by atoms with van der Waals surface area (Å²) in [7, 11) is 0. The second kappa shape index (κ2) is 12.1. The van der Waals surface area contributed by atoms with Crippen LogP contribution in [0.4, 0.5) is 0 Å². The minimum atomic E-state index is -0.183. The smallest absolute Gasteiger partial charge is 0.164 e. The molecular formula is C42H33N3. The van der Waals surface area contributed by atoms with Crippen LogP contribution in [0.3, 0.4) is 0 Å². The van der Waals surface area contributed by atoms with Crippen molar-refractivity contribution in [2.75, 3.05) is 0 Å². The standard InChI is InChI=1S/C42H33N3/c1-42(2,37-26-22-33(23-27-37)32-20-18-31(19-21-32)30-12-6-3-7-13-30)38-28-24-36(25-29-38)41-44-39(34-14-8-4-9-15-34)43-40(45-41)35-16-10-5-11-17-35/h3-29H,1-2H3. The van der Waals surface area contributed by atoms with E-state index in [4.69, 9.17) is 15.0 Å². The summed E-state index contributed by atoms with van der Waals surface area (Å²) < 4.78 is 0. The molecule has 0 fully saturated rings. The van der Waals surface area contributed by atoms with Crippen LogP contribution in [0.1, 0.15) is 25.0 Å². The van der Waals surface area contributed by atoms with Gasteiger partial charge in [0.1, 0.15) is 0 Å². The number of rotatable bonds is 7. The van der Waals surface area contributed by atoms with Gasteiger partial charge in [0.25, 0.3) is 0 Å². The third-order valence-corrected chi connectivity index (χ3v) is 8.50. The zero-order valence-corrected chi connectivity index (χ0v) is 25.4. The molecule has 0 aliphatic heterocycles. The van der Waals surface area contributed by atoms with Gasteiger partial charge in [-0.2, -0.15) is 0 Å². The fraction of sp³-hybridized carbons (Fsp3) is 0.0714. The van der Waals surface area contributed by atoms with Crippen molar-refractivity contribution >= 4 is 0 Å². The highest BCUT2D eigenvalue weighted by Gasteiger charge is 2.23. The molecule has 7 rings (SSSR count). The topological polar surface area (TPSA) is 38.7 Å². The molecule has 45 heavy (non-hydrogen) atoms. The molecular weight excluding hydrogens is 546 g/mol. The molecule has 0 saturated heterocycles. The summed E-state index contributed by atoms with van der Waals surface area (Å²) in [6, 6.07) is 57.0. The lowest BCUT2D eigenvalue weighted by Crippen LogP contribution is -2.18. The molecule has 0 saturated carbocycles. The average molecular weight is 580 g/mol. The van der Waals surface area contributed by atoms with Gasteiger partial charge in [-0.05, 0) is 33.4 Å². The van der Waals surface area contributed by atoms with Gasteiger partial charge in [0, 0.05) is 22.1 Å². The maximum absolute atomic E-state index is 4.89. The van der Waals surface area contributed by atoms with Crippen molar-refractivity contribution in [3.63, 3.8) is 0 Å². The van der Waals surface area contributed by atoms with Crippen LogP contribution in [0, 0.1) is 0 Å². The Labute approximate surface area is 265 Å². The van der Waals surface area contributed by atoms with Crippen LogP contribution in [0.2, 0.25) is 0 Å². The van der Waals surface area contributed by atoms with Crippen molar-refractivity contribution in [3.05, 3.63) is 175 Å². The van der Waals surface area contributed by atoms with Crippen LogP contribution in [-0.2, 0) is 5.41 Å². The maximum atomic E-state index is 4.89. The summed E-state index contributed by atoms with van der Waals surface area (Å²) in [5.41, 5.74) is 10.1. The molecule has 0 aliphatic rings. The minimum Gasteiger partial charge on any atom is -0.208 e. The predicted molar refractivity (Wildman–Crippen MR) is 186 cm³/mol. The van der Waals surface area contributed by atoms with Gasteiger partial charge in [0.2, 0.25) is 0 Å². The first-order chi connectivity index (χ1) is 22.0. The largest absolute Gasteiger partial charge is 0.208 e. The normalized spacial score (nSPS) is 11.3. The minimum absolute atomic E-state index is 0.183. The molecule has 0 N–H and O–H groups in total. The van der Waals surface area contributed by atoms with Crippen molar-refractivity contribution in [1.82, 2.24) is 15.0 Å². The van der Waals surface area contributed by atoms with E-state index in [1.807, 2.05) is 66.7 Å². The third-order valence-electron chi connectivity index (χ3n) is 8.50. The second-order valence-electron chi connectivity index (χ2n) is 11.8. The second-order valence-corrected chi connectivity index (χ2v) is 11.8. The fourth-order valence-electron chi connectivity index (χ4n) is 5.71. The Bertz CT molecular complexity index is 1960. The SMILES string of the molecule is CC(C)(c1ccc(-c2ccc(-c3ccccc3)cc2)cc1)c1ccc(-c2nc(-c3ccccc3)nc(-c3ccccc3)n2)cc1. The lowest BCUT2D eigenvalue weighted by molar-refractivity contribution is 0.641. The Kier molecular flexibility index (Phi) is 7.59. The summed E-state index contributed by atoms with van der Waals surface area (Å²) in [6.45, 7) is 4.55. The lowest BCUT2D eigenvalue weighted by atomic mass is 9.77. The molecule has 0 bridgehead atoms. The number of benzene rings is 6. The number of hydrogen-bond donors (Lipinski definition) is 0. The summed E-state index contributed by atoms with van der Waals surface area (Å²) in [5.74, 6) is 1.99. The van der Waals surface area contributed by atoms with Crippen molar-refractivity contribution in [1.29, 1.82) is 0 Å². The Morgan fingerprint density at radius 2 is 0.533 bits per heavy atom. The monoisotopic (exact) mass is 579 g/mol. The number of hydrogen-bond acceptors (Lipinski definition) is 3. The van der Waals surface area contributed by atoms with E-state index in [0.29, 0.717) is 17.5 Å². The van der Waals surface area contributed by atoms with Crippen LogP contribution < -0.4 is 0 Å². The number of aromatic nitrogens is 3. The van der Waals surface area contributed by atoms with E-state index in [1.54, 1.807) is 0 Å². The molecule has 0 amide bonds. The first-order valence-electron chi connectivity index (χ1n) is 15.3. The molecule has 0 spiro atoms. The molecule has 3 nitrogen and oxygen atoms in total. The van der Waals surface area contributed by atoms with Crippen LogP contribution in [-0.4, -0.2) is 15.0 Å². The van der Waals surface area contributed by atoms with E-state index in [1.165, 1.54) is 33.4 Å². The zero-order valence-electron chi connectivity index (χ0n) is 25.4. The van der Waals surface area contributed by atoms with E-state index in [9.17, 15) is 0 Å². The quantitative estimate of drug-likeness (QED) is 0.189. The van der Waals surface area contributed by atoms with Gasteiger partial charge < -0.3 is 0 Å². The lowest BCUT2D eigenvalue weighted by Gasteiger charge is -2.26. The fourth-order valence-corrected chi connectivity index (χ4v) is 5.71. The Hall–Kier alpha value is -5.67. The highest BCUT2D eigenvalue weighted by Crippen LogP contribution is 2.35. The van der Waals surface area contributed by atoms with Gasteiger partial charge in [-0.15, -0.1) is 0 Å². The molecule has 0 atom stereocenters. The zero-order chi connectivity index (χ0) is 30.6. The van der Waals surface area contributed by atoms with Crippen molar-refractivity contribution in [2.45, 2.75) is 19.3 Å².